The van der Waals surface area contributed by atoms with Crippen LogP contribution in [-0.4, -0.2) is 26.6 Å². The fraction of sp³-hybridized carbons (Fsp3) is 0.412. The van der Waals surface area contributed by atoms with Crippen LogP contribution in [0.4, 0.5) is 11.5 Å². The molecule has 7 heteroatoms. The lowest BCUT2D eigenvalue weighted by atomic mass is 10.2. The largest absolute Gasteiger partial charge is 0.319 e. The number of rotatable bonds is 5. The lowest BCUT2D eigenvalue weighted by Gasteiger charge is -2.08. The highest BCUT2D eigenvalue weighted by molar-refractivity contribution is 6.05. The molecule has 0 aliphatic heterocycles. The Balaban J connectivity index is 1.75. The summed E-state index contributed by atoms with van der Waals surface area (Å²) in [6, 6.07) is 3.21. The molecule has 0 atom stereocenters. The number of carbonyl (C=O) groups is 2. The first kappa shape index (κ1) is 16.2. The van der Waals surface area contributed by atoms with Crippen molar-refractivity contribution in [3.05, 3.63) is 35.3 Å². The van der Waals surface area contributed by atoms with E-state index in [1.807, 2.05) is 25.5 Å². The Morgan fingerprint density at radius 3 is 2.67 bits per heavy atom. The Kier molecular flexibility index (Phi) is 4.33. The zero-order valence-corrected chi connectivity index (χ0v) is 14.1. The highest BCUT2D eigenvalue weighted by Gasteiger charge is 2.29. The highest BCUT2D eigenvalue weighted by Crippen LogP contribution is 2.30. The summed E-state index contributed by atoms with van der Waals surface area (Å²) in [5, 5.41) is 10.0. The summed E-state index contributed by atoms with van der Waals surface area (Å²) >= 11 is 0. The first-order chi connectivity index (χ1) is 11.5. The lowest BCUT2D eigenvalue weighted by molar-refractivity contribution is -0.117. The van der Waals surface area contributed by atoms with Crippen LogP contribution in [0.2, 0.25) is 0 Å². The third kappa shape index (κ3) is 3.29. The van der Waals surface area contributed by atoms with Crippen molar-refractivity contribution in [3.8, 4) is 0 Å². The van der Waals surface area contributed by atoms with Gasteiger partial charge in [-0.1, -0.05) is 0 Å². The molecular weight excluding hydrogens is 306 g/mol. The van der Waals surface area contributed by atoms with Crippen LogP contribution in [0, 0.1) is 19.8 Å². The monoisotopic (exact) mass is 327 g/mol. The van der Waals surface area contributed by atoms with Gasteiger partial charge in [0.25, 0.3) is 5.91 Å². The van der Waals surface area contributed by atoms with Gasteiger partial charge in [-0.2, -0.15) is 5.10 Å². The highest BCUT2D eigenvalue weighted by atomic mass is 16.2. The molecule has 2 heterocycles. The molecule has 2 aromatic rings. The molecule has 24 heavy (non-hydrogen) atoms. The number of anilines is 2. The van der Waals surface area contributed by atoms with Gasteiger partial charge in [0.1, 0.15) is 5.82 Å². The van der Waals surface area contributed by atoms with E-state index in [1.165, 1.54) is 6.20 Å². The summed E-state index contributed by atoms with van der Waals surface area (Å²) in [5.41, 5.74) is 2.86. The van der Waals surface area contributed by atoms with Crippen LogP contribution in [0.15, 0.2) is 18.3 Å². The van der Waals surface area contributed by atoms with E-state index in [9.17, 15) is 9.59 Å². The van der Waals surface area contributed by atoms with Crippen LogP contribution < -0.4 is 10.6 Å². The van der Waals surface area contributed by atoms with Crippen molar-refractivity contribution in [2.45, 2.75) is 40.2 Å². The van der Waals surface area contributed by atoms with Gasteiger partial charge in [0.05, 0.1) is 17.1 Å². The van der Waals surface area contributed by atoms with Gasteiger partial charge < -0.3 is 10.6 Å². The van der Waals surface area contributed by atoms with Gasteiger partial charge in [-0.3, -0.25) is 14.3 Å². The van der Waals surface area contributed by atoms with Gasteiger partial charge in [0, 0.05) is 24.2 Å². The van der Waals surface area contributed by atoms with Crippen molar-refractivity contribution in [1.29, 1.82) is 0 Å². The van der Waals surface area contributed by atoms with E-state index in [-0.39, 0.29) is 17.7 Å². The van der Waals surface area contributed by atoms with Crippen molar-refractivity contribution in [2.75, 3.05) is 10.6 Å². The smallest absolute Gasteiger partial charge is 0.255 e. The van der Waals surface area contributed by atoms with Crippen molar-refractivity contribution >= 4 is 23.3 Å². The van der Waals surface area contributed by atoms with E-state index in [0.717, 1.165) is 36.5 Å². The number of aromatic nitrogens is 3. The number of pyridine rings is 1. The van der Waals surface area contributed by atoms with Crippen molar-refractivity contribution in [2.24, 2.45) is 5.92 Å². The SMILES string of the molecule is CCn1nc(C)c(NC(=O)c2ccnc(NC(=O)C3CC3)c2)c1C. The molecule has 1 aliphatic carbocycles. The molecule has 126 valence electrons. The number of hydrogen-bond acceptors (Lipinski definition) is 4. The van der Waals surface area contributed by atoms with Crippen LogP contribution in [0.1, 0.15) is 41.5 Å². The van der Waals surface area contributed by atoms with Gasteiger partial charge in [0.15, 0.2) is 0 Å². The normalized spacial score (nSPS) is 13.6. The lowest BCUT2D eigenvalue weighted by Crippen LogP contribution is -2.17. The molecule has 0 saturated heterocycles. The third-order valence-electron chi connectivity index (χ3n) is 4.14. The predicted octanol–water partition coefficient (Wildman–Crippen LogP) is 2.52. The molecule has 1 aliphatic rings. The zero-order chi connectivity index (χ0) is 17.3. The molecule has 2 N–H and O–H groups in total. The van der Waals surface area contributed by atoms with Gasteiger partial charge >= 0.3 is 0 Å². The van der Waals surface area contributed by atoms with Crippen LogP contribution >= 0.6 is 0 Å². The summed E-state index contributed by atoms with van der Waals surface area (Å²) in [6.07, 6.45) is 3.37. The van der Waals surface area contributed by atoms with E-state index >= 15 is 0 Å². The van der Waals surface area contributed by atoms with Crippen LogP contribution in [0.25, 0.3) is 0 Å². The van der Waals surface area contributed by atoms with E-state index in [2.05, 4.69) is 20.7 Å². The first-order valence-electron chi connectivity index (χ1n) is 8.12. The summed E-state index contributed by atoms with van der Waals surface area (Å²) in [7, 11) is 0. The molecule has 0 bridgehead atoms. The maximum Gasteiger partial charge on any atom is 0.255 e. The topological polar surface area (TPSA) is 88.9 Å². The second-order valence-corrected chi connectivity index (χ2v) is 6.01. The maximum atomic E-state index is 12.5. The van der Waals surface area contributed by atoms with E-state index in [4.69, 9.17) is 0 Å². The van der Waals surface area contributed by atoms with Crippen LogP contribution in [0.5, 0.6) is 0 Å². The maximum absolute atomic E-state index is 12.5. The second kappa shape index (κ2) is 6.43. The molecular formula is C17H21N5O2. The quantitative estimate of drug-likeness (QED) is 0.883. The molecule has 7 nitrogen and oxygen atoms in total. The molecule has 2 aromatic heterocycles. The molecule has 3 rings (SSSR count). The molecule has 2 amide bonds. The molecule has 0 aromatic carbocycles. The summed E-state index contributed by atoms with van der Waals surface area (Å²) in [4.78, 5) is 28.4. The average molecular weight is 327 g/mol. The number of aryl methyl sites for hydroxylation is 2. The van der Waals surface area contributed by atoms with Gasteiger partial charge in [0.2, 0.25) is 5.91 Å². The van der Waals surface area contributed by atoms with Crippen molar-refractivity contribution < 1.29 is 9.59 Å². The Morgan fingerprint density at radius 2 is 2.04 bits per heavy atom. The minimum absolute atomic E-state index is 0.0315. The fourth-order valence-electron chi connectivity index (χ4n) is 2.59. The minimum Gasteiger partial charge on any atom is -0.319 e. The number of amides is 2. The first-order valence-corrected chi connectivity index (χ1v) is 8.12. The summed E-state index contributed by atoms with van der Waals surface area (Å²) < 4.78 is 1.85. The zero-order valence-electron chi connectivity index (χ0n) is 14.1. The van der Waals surface area contributed by atoms with Crippen molar-refractivity contribution in [1.82, 2.24) is 14.8 Å². The molecule has 1 fully saturated rings. The summed E-state index contributed by atoms with van der Waals surface area (Å²) in [6.45, 7) is 6.54. The standard InChI is InChI=1S/C17H21N5O2/c1-4-22-11(3)15(10(2)21-22)20-17(24)13-7-8-18-14(9-13)19-16(23)12-5-6-12/h7-9,12H,4-6H2,1-3H3,(H,20,24)(H,18,19,23). The fourth-order valence-corrected chi connectivity index (χ4v) is 2.59. The Labute approximate surface area is 140 Å². The number of nitrogens with one attached hydrogen (secondary N) is 2. The summed E-state index contributed by atoms with van der Waals surface area (Å²) in [5.74, 6) is 0.212. The average Bonchev–Trinajstić information content (AvgIpc) is 3.38. The molecule has 0 radical (unpaired) electrons. The van der Waals surface area contributed by atoms with Gasteiger partial charge in [-0.25, -0.2) is 4.98 Å². The Bertz CT molecular complexity index is 792. The van der Waals surface area contributed by atoms with E-state index in [0.29, 0.717) is 11.4 Å². The molecule has 0 spiro atoms. The number of hydrogen-bond donors (Lipinski definition) is 2. The van der Waals surface area contributed by atoms with Gasteiger partial charge in [-0.15, -0.1) is 0 Å². The molecule has 0 unspecified atom stereocenters. The van der Waals surface area contributed by atoms with E-state index in [1.54, 1.807) is 12.1 Å². The second-order valence-electron chi connectivity index (χ2n) is 6.01. The number of carbonyl (C=O) groups excluding carboxylic acids is 2. The number of nitrogens with zero attached hydrogens (tertiary/aromatic N) is 3. The minimum atomic E-state index is -0.249. The van der Waals surface area contributed by atoms with Gasteiger partial charge in [-0.05, 0) is 45.7 Å². The third-order valence-corrected chi connectivity index (χ3v) is 4.14. The Hall–Kier alpha value is -2.70. The van der Waals surface area contributed by atoms with Crippen molar-refractivity contribution in [3.63, 3.8) is 0 Å². The van der Waals surface area contributed by atoms with Crippen LogP contribution in [-0.2, 0) is 11.3 Å². The predicted molar refractivity (Wildman–Crippen MR) is 90.9 cm³/mol. The van der Waals surface area contributed by atoms with Crippen LogP contribution in [0.3, 0.4) is 0 Å². The molecule has 1 saturated carbocycles. The Morgan fingerprint density at radius 1 is 1.29 bits per heavy atom. The van der Waals surface area contributed by atoms with E-state index < -0.39 is 0 Å².